The van der Waals surface area contributed by atoms with E-state index in [0.717, 1.165) is 19.5 Å². The summed E-state index contributed by atoms with van der Waals surface area (Å²) in [4.78, 5) is 15.7. The van der Waals surface area contributed by atoms with Gasteiger partial charge in [0.05, 0.1) is 12.6 Å². The van der Waals surface area contributed by atoms with E-state index in [1.807, 2.05) is 6.07 Å². The van der Waals surface area contributed by atoms with Crippen LogP contribution in [-0.4, -0.2) is 36.5 Å². The molecule has 1 aromatic rings. The van der Waals surface area contributed by atoms with Crippen LogP contribution in [0, 0.1) is 11.8 Å². The summed E-state index contributed by atoms with van der Waals surface area (Å²) in [7, 11) is 0. The molecule has 1 aliphatic heterocycles. The maximum absolute atomic E-state index is 12.3. The molecule has 1 aliphatic rings. The topological polar surface area (TPSA) is 58.4 Å². The van der Waals surface area contributed by atoms with Crippen molar-refractivity contribution in [3.63, 3.8) is 0 Å². The summed E-state index contributed by atoms with van der Waals surface area (Å²) < 4.78 is 0. The maximum atomic E-state index is 12.3. The second-order valence-corrected chi connectivity index (χ2v) is 7.45. The van der Waals surface area contributed by atoms with Gasteiger partial charge in [-0.25, -0.2) is 0 Å². The zero-order valence-corrected chi connectivity index (χ0v) is 14.0. The second-order valence-electron chi connectivity index (χ2n) is 6.47. The highest BCUT2D eigenvalue weighted by Gasteiger charge is 2.26. The van der Waals surface area contributed by atoms with Crippen LogP contribution in [0.25, 0.3) is 0 Å². The van der Waals surface area contributed by atoms with Gasteiger partial charge in [-0.05, 0) is 36.2 Å². The number of likely N-dealkylation sites (tertiary alicyclic amines) is 1. The number of thiophene rings is 1. The van der Waals surface area contributed by atoms with Crippen molar-refractivity contribution in [2.24, 2.45) is 17.6 Å². The molecule has 1 aromatic heterocycles. The van der Waals surface area contributed by atoms with Gasteiger partial charge in [-0.3, -0.25) is 9.69 Å². The first kappa shape index (κ1) is 16.5. The number of carbonyl (C=O) groups is 1. The van der Waals surface area contributed by atoms with Crippen molar-refractivity contribution in [3.05, 3.63) is 22.4 Å². The molecule has 0 spiro atoms. The van der Waals surface area contributed by atoms with Crippen molar-refractivity contribution in [3.8, 4) is 0 Å². The van der Waals surface area contributed by atoms with Crippen molar-refractivity contribution < 1.29 is 4.79 Å². The summed E-state index contributed by atoms with van der Waals surface area (Å²) in [6.07, 6.45) is 1.08. The number of nitrogens with two attached hydrogens (primary N) is 1. The Balaban J connectivity index is 1.88. The summed E-state index contributed by atoms with van der Waals surface area (Å²) in [5.74, 6) is 1.04. The van der Waals surface area contributed by atoms with E-state index in [9.17, 15) is 4.79 Å². The minimum atomic E-state index is 0.101. The van der Waals surface area contributed by atoms with E-state index in [4.69, 9.17) is 5.73 Å². The SMILES string of the molecule is CC(C)C(NC(=O)CN1CCC(C)C(N)C1)c1cccs1. The van der Waals surface area contributed by atoms with Crippen LogP contribution >= 0.6 is 11.3 Å². The van der Waals surface area contributed by atoms with Crippen molar-refractivity contribution in [2.45, 2.75) is 39.3 Å². The highest BCUT2D eigenvalue weighted by atomic mass is 32.1. The van der Waals surface area contributed by atoms with E-state index in [1.165, 1.54) is 4.88 Å². The van der Waals surface area contributed by atoms with Crippen LogP contribution in [-0.2, 0) is 4.79 Å². The predicted octanol–water partition coefficient (Wildman–Crippen LogP) is 2.23. The highest BCUT2D eigenvalue weighted by molar-refractivity contribution is 7.10. The van der Waals surface area contributed by atoms with Crippen LogP contribution in [0.2, 0.25) is 0 Å². The number of rotatable bonds is 5. The van der Waals surface area contributed by atoms with Gasteiger partial charge in [0.15, 0.2) is 0 Å². The van der Waals surface area contributed by atoms with Gasteiger partial charge in [-0.1, -0.05) is 26.8 Å². The molecule has 2 rings (SSSR count). The molecule has 0 aromatic carbocycles. The minimum absolute atomic E-state index is 0.101. The Hall–Kier alpha value is -0.910. The van der Waals surface area contributed by atoms with Crippen molar-refractivity contribution >= 4 is 17.2 Å². The van der Waals surface area contributed by atoms with Gasteiger partial charge in [-0.15, -0.1) is 11.3 Å². The van der Waals surface area contributed by atoms with Crippen molar-refractivity contribution in [1.29, 1.82) is 0 Å². The number of nitrogens with one attached hydrogen (secondary N) is 1. The summed E-state index contributed by atoms with van der Waals surface area (Å²) in [6, 6.07) is 4.42. The molecule has 1 fully saturated rings. The fraction of sp³-hybridized carbons (Fsp3) is 0.688. The first-order chi connectivity index (χ1) is 9.97. The average molecular weight is 309 g/mol. The summed E-state index contributed by atoms with van der Waals surface area (Å²) >= 11 is 1.70. The summed E-state index contributed by atoms with van der Waals surface area (Å²) in [6.45, 7) is 8.71. The van der Waals surface area contributed by atoms with Crippen molar-refractivity contribution in [1.82, 2.24) is 10.2 Å². The fourth-order valence-electron chi connectivity index (χ4n) is 2.77. The van der Waals surface area contributed by atoms with E-state index in [0.29, 0.717) is 18.4 Å². The quantitative estimate of drug-likeness (QED) is 0.877. The number of piperidine rings is 1. The fourth-order valence-corrected chi connectivity index (χ4v) is 3.72. The molecule has 5 heteroatoms. The standard InChI is InChI=1S/C16H27N3OS/c1-11(2)16(14-5-4-8-21-14)18-15(20)10-19-7-6-12(3)13(17)9-19/h4-5,8,11-13,16H,6-7,9-10,17H2,1-3H3,(H,18,20). The summed E-state index contributed by atoms with van der Waals surface area (Å²) in [5.41, 5.74) is 6.10. The third-order valence-electron chi connectivity index (χ3n) is 4.30. The molecule has 21 heavy (non-hydrogen) atoms. The molecule has 118 valence electrons. The van der Waals surface area contributed by atoms with Gasteiger partial charge in [0.25, 0.3) is 0 Å². The normalized spacial score (nSPS) is 25.0. The number of hydrogen-bond donors (Lipinski definition) is 2. The number of carbonyl (C=O) groups excluding carboxylic acids is 1. The Kier molecular flexibility index (Phi) is 5.79. The molecule has 0 radical (unpaired) electrons. The van der Waals surface area contributed by atoms with E-state index in [2.05, 4.69) is 42.4 Å². The molecule has 3 N–H and O–H groups in total. The largest absolute Gasteiger partial charge is 0.347 e. The Labute approximate surface area is 131 Å². The molecule has 3 unspecified atom stereocenters. The maximum Gasteiger partial charge on any atom is 0.234 e. The smallest absolute Gasteiger partial charge is 0.234 e. The van der Waals surface area contributed by atoms with Crippen LogP contribution in [0.1, 0.15) is 38.1 Å². The molecule has 0 saturated carbocycles. The van der Waals surface area contributed by atoms with E-state index < -0.39 is 0 Å². The van der Waals surface area contributed by atoms with E-state index >= 15 is 0 Å². The van der Waals surface area contributed by atoms with Crippen LogP contribution in [0.3, 0.4) is 0 Å². The molecule has 1 saturated heterocycles. The van der Waals surface area contributed by atoms with Gasteiger partial charge in [0.2, 0.25) is 5.91 Å². The third-order valence-corrected chi connectivity index (χ3v) is 5.26. The number of hydrogen-bond acceptors (Lipinski definition) is 4. The first-order valence-electron chi connectivity index (χ1n) is 7.78. The predicted molar refractivity (Wildman–Crippen MR) is 88.2 cm³/mol. The Bertz CT molecular complexity index is 446. The molecule has 1 amide bonds. The zero-order valence-electron chi connectivity index (χ0n) is 13.2. The summed E-state index contributed by atoms with van der Waals surface area (Å²) in [5, 5.41) is 5.24. The van der Waals surface area contributed by atoms with Crippen LogP contribution in [0.5, 0.6) is 0 Å². The van der Waals surface area contributed by atoms with Crippen molar-refractivity contribution in [2.75, 3.05) is 19.6 Å². The zero-order chi connectivity index (χ0) is 15.4. The van der Waals surface area contributed by atoms with Gasteiger partial charge in [0, 0.05) is 17.5 Å². The molecule has 4 nitrogen and oxygen atoms in total. The Morgan fingerprint density at radius 3 is 2.90 bits per heavy atom. The first-order valence-corrected chi connectivity index (χ1v) is 8.66. The lowest BCUT2D eigenvalue weighted by molar-refractivity contribution is -0.123. The van der Waals surface area contributed by atoms with Gasteiger partial charge < -0.3 is 11.1 Å². The lowest BCUT2D eigenvalue weighted by atomic mass is 9.94. The Morgan fingerprint density at radius 1 is 1.57 bits per heavy atom. The molecule has 3 atom stereocenters. The molecule has 0 bridgehead atoms. The van der Waals surface area contributed by atoms with Crippen LogP contribution in [0.15, 0.2) is 17.5 Å². The lowest BCUT2D eigenvalue weighted by Crippen LogP contribution is -2.50. The highest BCUT2D eigenvalue weighted by Crippen LogP contribution is 2.25. The van der Waals surface area contributed by atoms with Crippen LogP contribution < -0.4 is 11.1 Å². The molecule has 0 aliphatic carbocycles. The average Bonchev–Trinajstić information content (AvgIpc) is 2.93. The number of amides is 1. The van der Waals surface area contributed by atoms with Gasteiger partial charge >= 0.3 is 0 Å². The second kappa shape index (κ2) is 7.38. The third kappa shape index (κ3) is 4.53. The molecule has 2 heterocycles. The lowest BCUT2D eigenvalue weighted by Gasteiger charge is -2.35. The molecular formula is C16H27N3OS. The van der Waals surface area contributed by atoms with Gasteiger partial charge in [0.1, 0.15) is 0 Å². The van der Waals surface area contributed by atoms with E-state index in [-0.39, 0.29) is 18.0 Å². The molecular weight excluding hydrogens is 282 g/mol. The minimum Gasteiger partial charge on any atom is -0.347 e. The van der Waals surface area contributed by atoms with E-state index in [1.54, 1.807) is 11.3 Å². The monoisotopic (exact) mass is 309 g/mol. The van der Waals surface area contributed by atoms with Crippen LogP contribution in [0.4, 0.5) is 0 Å². The Morgan fingerprint density at radius 2 is 2.33 bits per heavy atom. The van der Waals surface area contributed by atoms with Gasteiger partial charge in [-0.2, -0.15) is 0 Å². The number of nitrogens with zero attached hydrogens (tertiary/aromatic N) is 1.